The number of rotatable bonds is 4. The summed E-state index contributed by atoms with van der Waals surface area (Å²) in [6.45, 7) is 0. The second-order valence-corrected chi connectivity index (χ2v) is 5.71. The number of fused-ring (bicyclic) bond motifs is 1. The van der Waals surface area contributed by atoms with E-state index in [1.165, 1.54) is 13.2 Å². The van der Waals surface area contributed by atoms with E-state index in [-0.39, 0.29) is 22.6 Å². The van der Waals surface area contributed by atoms with Crippen molar-refractivity contribution in [2.75, 3.05) is 7.11 Å². The largest absolute Gasteiger partial charge is 0.507 e. The van der Waals surface area contributed by atoms with Gasteiger partial charge in [0.15, 0.2) is 0 Å². The Hall–Kier alpha value is -2.89. The summed E-state index contributed by atoms with van der Waals surface area (Å²) in [4.78, 5) is 28.3. The van der Waals surface area contributed by atoms with Crippen LogP contribution in [0.3, 0.4) is 0 Å². The molecule has 6 nitrogen and oxygen atoms in total. The first-order valence-electron chi connectivity index (χ1n) is 7.69. The number of hydrogen-bond donors (Lipinski definition) is 2. The summed E-state index contributed by atoms with van der Waals surface area (Å²) in [5, 5.41) is 19.2. The van der Waals surface area contributed by atoms with E-state index >= 15 is 0 Å². The lowest BCUT2D eigenvalue weighted by molar-refractivity contribution is 0.0692. The van der Waals surface area contributed by atoms with Crippen molar-refractivity contribution in [2.24, 2.45) is 0 Å². The fourth-order valence-corrected chi connectivity index (χ4v) is 2.93. The predicted octanol–water partition coefficient (Wildman–Crippen LogP) is 2.60. The molecule has 124 valence electrons. The molecule has 0 saturated heterocycles. The maximum atomic E-state index is 12.7. The van der Waals surface area contributed by atoms with E-state index in [2.05, 4.69) is 4.98 Å². The summed E-state index contributed by atoms with van der Waals surface area (Å²) in [6.07, 6.45) is 3.97. The molecule has 0 bridgehead atoms. The number of carboxylic acids is 1. The molecule has 2 aromatic rings. The molecule has 1 aromatic heterocycles. The number of aryl methyl sites for hydroxylation is 2. The zero-order valence-corrected chi connectivity index (χ0v) is 13.2. The van der Waals surface area contributed by atoms with E-state index in [0.717, 1.165) is 43.0 Å². The molecule has 2 N–H and O–H groups in total. The van der Waals surface area contributed by atoms with Crippen molar-refractivity contribution in [1.82, 2.24) is 4.98 Å². The van der Waals surface area contributed by atoms with Crippen LogP contribution in [0.4, 0.5) is 0 Å². The van der Waals surface area contributed by atoms with Crippen molar-refractivity contribution < 1.29 is 24.5 Å². The average molecular weight is 327 g/mol. The molecule has 1 aliphatic carbocycles. The van der Waals surface area contributed by atoms with Crippen LogP contribution < -0.4 is 4.74 Å². The number of phenolic OH excluding ortho intramolecular Hbond substituents is 1. The summed E-state index contributed by atoms with van der Waals surface area (Å²) >= 11 is 0. The third-order valence-corrected chi connectivity index (χ3v) is 4.20. The number of carbonyl (C=O) groups is 2. The Morgan fingerprint density at radius 2 is 1.88 bits per heavy atom. The molecule has 6 heteroatoms. The molecule has 24 heavy (non-hydrogen) atoms. The average Bonchev–Trinajstić information content (AvgIpc) is 2.60. The topological polar surface area (TPSA) is 96.7 Å². The SMILES string of the molecule is COc1cc(C(=O)c2ccc3c(n2)CCCC3)c(O)cc1C(=O)O. The molecule has 0 saturated carbocycles. The lowest BCUT2D eigenvalue weighted by atomic mass is 9.95. The molecule has 0 radical (unpaired) electrons. The van der Waals surface area contributed by atoms with Gasteiger partial charge in [-0.2, -0.15) is 0 Å². The minimum atomic E-state index is -1.24. The molecule has 0 fully saturated rings. The maximum absolute atomic E-state index is 12.7. The van der Waals surface area contributed by atoms with Crippen LogP contribution in [0.15, 0.2) is 24.3 Å². The Morgan fingerprint density at radius 1 is 1.12 bits per heavy atom. The second-order valence-electron chi connectivity index (χ2n) is 5.71. The quantitative estimate of drug-likeness (QED) is 0.838. The molecule has 0 spiro atoms. The van der Waals surface area contributed by atoms with Crippen LogP contribution in [0.1, 0.15) is 50.5 Å². The van der Waals surface area contributed by atoms with Gasteiger partial charge in [0, 0.05) is 5.69 Å². The Balaban J connectivity index is 2.02. The summed E-state index contributed by atoms with van der Waals surface area (Å²) in [5.41, 5.74) is 2.07. The highest BCUT2D eigenvalue weighted by Crippen LogP contribution is 2.30. The molecule has 3 rings (SSSR count). The zero-order chi connectivity index (χ0) is 17.3. The van der Waals surface area contributed by atoms with Crippen molar-refractivity contribution in [1.29, 1.82) is 0 Å². The minimum absolute atomic E-state index is 0.0154. The first-order valence-corrected chi connectivity index (χ1v) is 7.69. The van der Waals surface area contributed by atoms with Crippen molar-refractivity contribution in [2.45, 2.75) is 25.7 Å². The number of carbonyl (C=O) groups excluding carboxylic acids is 1. The molecule has 1 heterocycles. The Labute approximate surface area is 138 Å². The standard InChI is InChI=1S/C18H17NO5/c1-24-16-9-11(15(20)8-12(16)18(22)23)17(21)14-7-6-10-4-2-3-5-13(10)19-14/h6-9,20H,2-5H2,1H3,(H,22,23). The van der Waals surface area contributed by atoms with Gasteiger partial charge in [0.05, 0.1) is 12.7 Å². The number of hydrogen-bond acceptors (Lipinski definition) is 5. The highest BCUT2D eigenvalue weighted by Gasteiger charge is 2.22. The summed E-state index contributed by atoms with van der Waals surface area (Å²) in [7, 11) is 1.31. The lowest BCUT2D eigenvalue weighted by Crippen LogP contribution is -2.12. The molecule has 0 aliphatic heterocycles. The van der Waals surface area contributed by atoms with Gasteiger partial charge >= 0.3 is 5.97 Å². The molecule has 0 unspecified atom stereocenters. The highest BCUT2D eigenvalue weighted by molar-refractivity contribution is 6.10. The number of benzene rings is 1. The van der Waals surface area contributed by atoms with E-state index in [0.29, 0.717) is 0 Å². The zero-order valence-electron chi connectivity index (χ0n) is 13.2. The van der Waals surface area contributed by atoms with Crippen molar-refractivity contribution >= 4 is 11.8 Å². The fraction of sp³-hybridized carbons (Fsp3) is 0.278. The van der Waals surface area contributed by atoms with E-state index in [4.69, 9.17) is 9.84 Å². The number of pyridine rings is 1. The summed E-state index contributed by atoms with van der Waals surface area (Å²) in [6, 6.07) is 5.80. The van der Waals surface area contributed by atoms with Crippen LogP contribution in [-0.4, -0.2) is 34.1 Å². The van der Waals surface area contributed by atoms with Gasteiger partial charge in [-0.1, -0.05) is 6.07 Å². The van der Waals surface area contributed by atoms with E-state index in [1.807, 2.05) is 6.07 Å². The van der Waals surface area contributed by atoms with E-state index < -0.39 is 17.5 Å². The van der Waals surface area contributed by atoms with Gasteiger partial charge in [-0.05, 0) is 49.4 Å². The number of aromatic carboxylic acids is 1. The fourth-order valence-electron chi connectivity index (χ4n) is 2.93. The van der Waals surface area contributed by atoms with E-state index in [1.54, 1.807) is 6.07 Å². The van der Waals surface area contributed by atoms with Crippen LogP contribution in [0.25, 0.3) is 0 Å². The van der Waals surface area contributed by atoms with Gasteiger partial charge in [0.25, 0.3) is 0 Å². The summed E-state index contributed by atoms with van der Waals surface area (Å²) < 4.78 is 5.01. The highest BCUT2D eigenvalue weighted by atomic mass is 16.5. The van der Waals surface area contributed by atoms with Gasteiger partial charge < -0.3 is 14.9 Å². The van der Waals surface area contributed by atoms with Crippen LogP contribution in [-0.2, 0) is 12.8 Å². The number of ether oxygens (including phenoxy) is 1. The maximum Gasteiger partial charge on any atom is 0.339 e. The molecule has 1 aromatic carbocycles. The second kappa shape index (κ2) is 6.31. The first-order chi connectivity index (χ1) is 11.5. The number of aromatic nitrogens is 1. The van der Waals surface area contributed by atoms with Crippen LogP contribution in [0, 0.1) is 0 Å². The number of nitrogens with zero attached hydrogens (tertiary/aromatic N) is 1. The molecule has 1 aliphatic rings. The van der Waals surface area contributed by atoms with Crippen LogP contribution >= 0.6 is 0 Å². The van der Waals surface area contributed by atoms with Gasteiger partial charge in [0.2, 0.25) is 5.78 Å². The Morgan fingerprint density at radius 3 is 2.58 bits per heavy atom. The van der Waals surface area contributed by atoms with E-state index in [9.17, 15) is 14.7 Å². The normalized spacial score (nSPS) is 13.2. The van der Waals surface area contributed by atoms with Crippen molar-refractivity contribution in [3.63, 3.8) is 0 Å². The molecular weight excluding hydrogens is 310 g/mol. The van der Waals surface area contributed by atoms with Gasteiger partial charge in [-0.15, -0.1) is 0 Å². The van der Waals surface area contributed by atoms with Crippen molar-refractivity contribution in [3.05, 3.63) is 52.3 Å². The third-order valence-electron chi connectivity index (χ3n) is 4.20. The van der Waals surface area contributed by atoms with Gasteiger partial charge in [0.1, 0.15) is 22.8 Å². The number of methoxy groups -OCH3 is 1. The van der Waals surface area contributed by atoms with Crippen molar-refractivity contribution in [3.8, 4) is 11.5 Å². The molecule has 0 atom stereocenters. The first kappa shape index (κ1) is 16.0. The summed E-state index contributed by atoms with van der Waals surface area (Å²) in [5.74, 6) is -2.09. The van der Waals surface area contributed by atoms with Crippen LogP contribution in [0.2, 0.25) is 0 Å². The number of aromatic hydroxyl groups is 1. The molecule has 0 amide bonds. The predicted molar refractivity (Wildman–Crippen MR) is 85.9 cm³/mol. The minimum Gasteiger partial charge on any atom is -0.507 e. The number of carboxylic acid groups (broad SMARTS) is 1. The van der Waals surface area contributed by atoms with Gasteiger partial charge in [-0.25, -0.2) is 9.78 Å². The monoisotopic (exact) mass is 327 g/mol. The lowest BCUT2D eigenvalue weighted by Gasteiger charge is -2.15. The van der Waals surface area contributed by atoms with Gasteiger partial charge in [-0.3, -0.25) is 4.79 Å². The third kappa shape index (κ3) is 2.82. The Kier molecular flexibility index (Phi) is 4.20. The molecular formula is C18H17NO5. The smallest absolute Gasteiger partial charge is 0.339 e. The van der Waals surface area contributed by atoms with Crippen LogP contribution in [0.5, 0.6) is 11.5 Å². The Bertz CT molecular complexity index is 828. The number of ketones is 1. The number of phenols is 1.